The van der Waals surface area contributed by atoms with E-state index in [2.05, 4.69) is 4.74 Å². The Labute approximate surface area is 98.6 Å². The molecule has 8 heteroatoms. The normalized spacial score (nSPS) is 12.6. The predicted molar refractivity (Wildman–Crippen MR) is 50.4 cm³/mol. The van der Waals surface area contributed by atoms with Crippen LogP contribution in [0.4, 0.5) is 13.2 Å². The molecule has 0 fully saturated rings. The monoisotopic (exact) mass is 261 g/mol. The molecule has 1 atom stereocenters. The zero-order valence-electron chi connectivity index (χ0n) is 8.60. The van der Waals surface area contributed by atoms with Gasteiger partial charge in [-0.05, 0) is 17.7 Å². The predicted octanol–water partition coefficient (Wildman–Crippen LogP) is 1.57. The Kier molecular flexibility index (Phi) is 3.78. The maximum Gasteiger partial charge on any atom is 0.573 e. The lowest BCUT2D eigenvalue weighted by molar-refractivity contribution is -0.274. The van der Waals surface area contributed by atoms with Gasteiger partial charge in [0.15, 0.2) is 6.10 Å². The average Bonchev–Trinajstić information content (AvgIpc) is 2.26. The molecule has 5 nitrogen and oxygen atoms in total. The van der Waals surface area contributed by atoms with Gasteiger partial charge in [-0.25, -0.2) is 4.79 Å². The summed E-state index contributed by atoms with van der Waals surface area (Å²) < 4.78 is 39.5. The molecule has 0 spiro atoms. The number of nitriles is 1. The Bertz CT molecular complexity index is 507. The average molecular weight is 261 g/mol. The van der Waals surface area contributed by atoms with Gasteiger partial charge in [-0.1, -0.05) is 6.07 Å². The second-order valence-corrected chi connectivity index (χ2v) is 3.16. The first kappa shape index (κ1) is 13.8. The van der Waals surface area contributed by atoms with Gasteiger partial charge in [0.1, 0.15) is 11.8 Å². The first-order chi connectivity index (χ1) is 8.24. The number of carboxylic acids is 1. The van der Waals surface area contributed by atoms with Gasteiger partial charge in [-0.15, -0.1) is 13.2 Å². The van der Waals surface area contributed by atoms with E-state index in [1.807, 2.05) is 0 Å². The van der Waals surface area contributed by atoms with Crippen LogP contribution in [0.1, 0.15) is 17.2 Å². The minimum atomic E-state index is -4.96. The number of aliphatic carboxylic acids is 1. The summed E-state index contributed by atoms with van der Waals surface area (Å²) >= 11 is 0. The molecule has 0 amide bonds. The highest BCUT2D eigenvalue weighted by Gasteiger charge is 2.32. The van der Waals surface area contributed by atoms with Gasteiger partial charge in [0.05, 0.1) is 5.56 Å². The Morgan fingerprint density at radius 2 is 2.06 bits per heavy atom. The summed E-state index contributed by atoms with van der Waals surface area (Å²) in [6, 6.07) is 3.95. The van der Waals surface area contributed by atoms with Gasteiger partial charge in [0.2, 0.25) is 0 Å². The van der Waals surface area contributed by atoms with E-state index in [9.17, 15) is 18.0 Å². The van der Waals surface area contributed by atoms with Crippen LogP contribution in [0.15, 0.2) is 18.2 Å². The standard InChI is InChI=1S/C10H6F3NO4/c11-10(12,13)18-7-2-1-5(3-6(7)4-14)8(15)9(16)17/h1-3,8,15H,(H,16,17). The molecule has 1 aromatic rings. The minimum absolute atomic E-state index is 0.214. The Morgan fingerprint density at radius 1 is 1.44 bits per heavy atom. The highest BCUT2D eigenvalue weighted by Crippen LogP contribution is 2.28. The minimum Gasteiger partial charge on any atom is -0.479 e. The van der Waals surface area contributed by atoms with Gasteiger partial charge in [0.25, 0.3) is 0 Å². The molecule has 0 radical (unpaired) electrons. The molecule has 0 saturated heterocycles. The van der Waals surface area contributed by atoms with E-state index in [-0.39, 0.29) is 5.56 Å². The fraction of sp³-hybridized carbons (Fsp3) is 0.200. The van der Waals surface area contributed by atoms with Crippen molar-refractivity contribution in [3.8, 4) is 11.8 Å². The highest BCUT2D eigenvalue weighted by molar-refractivity contribution is 5.74. The van der Waals surface area contributed by atoms with Gasteiger partial charge in [-0.2, -0.15) is 5.26 Å². The third kappa shape index (κ3) is 3.36. The lowest BCUT2D eigenvalue weighted by atomic mass is 10.1. The molecular weight excluding hydrogens is 255 g/mol. The fourth-order valence-electron chi connectivity index (χ4n) is 1.16. The van der Waals surface area contributed by atoms with Crippen LogP contribution in [0, 0.1) is 11.3 Å². The van der Waals surface area contributed by atoms with E-state index in [0.717, 1.165) is 18.2 Å². The summed E-state index contributed by atoms with van der Waals surface area (Å²) in [5.74, 6) is -2.34. The van der Waals surface area contributed by atoms with Crippen molar-refractivity contribution < 1.29 is 32.9 Å². The van der Waals surface area contributed by atoms with Crippen molar-refractivity contribution in [2.45, 2.75) is 12.5 Å². The molecule has 2 N–H and O–H groups in total. The topological polar surface area (TPSA) is 90.5 Å². The van der Waals surface area contributed by atoms with E-state index in [4.69, 9.17) is 15.5 Å². The third-order valence-electron chi connectivity index (χ3n) is 1.90. The molecule has 0 aliphatic carbocycles. The first-order valence-corrected chi connectivity index (χ1v) is 4.45. The molecule has 0 saturated carbocycles. The van der Waals surface area contributed by atoms with Crippen LogP contribution in [-0.4, -0.2) is 22.5 Å². The number of carbonyl (C=O) groups is 1. The number of benzene rings is 1. The van der Waals surface area contributed by atoms with E-state index >= 15 is 0 Å². The molecule has 0 aliphatic rings. The summed E-state index contributed by atoms with van der Waals surface area (Å²) in [7, 11) is 0. The molecule has 1 rings (SSSR count). The molecule has 1 aromatic carbocycles. The van der Waals surface area contributed by atoms with Gasteiger partial charge < -0.3 is 14.9 Å². The Morgan fingerprint density at radius 3 is 2.50 bits per heavy atom. The SMILES string of the molecule is N#Cc1cc(C(O)C(=O)O)ccc1OC(F)(F)F. The van der Waals surface area contributed by atoms with Gasteiger partial charge in [0, 0.05) is 0 Å². The van der Waals surface area contributed by atoms with Crippen molar-refractivity contribution in [2.24, 2.45) is 0 Å². The van der Waals surface area contributed by atoms with E-state index < -0.39 is 29.7 Å². The number of aliphatic hydroxyl groups excluding tert-OH is 1. The lowest BCUT2D eigenvalue weighted by Gasteiger charge is -2.12. The van der Waals surface area contributed by atoms with Crippen molar-refractivity contribution in [1.82, 2.24) is 0 Å². The molecule has 96 valence electrons. The number of nitrogens with zero attached hydrogens (tertiary/aromatic N) is 1. The van der Waals surface area contributed by atoms with Crippen LogP contribution >= 0.6 is 0 Å². The van der Waals surface area contributed by atoms with E-state index in [1.54, 1.807) is 0 Å². The van der Waals surface area contributed by atoms with E-state index in [0.29, 0.717) is 0 Å². The largest absolute Gasteiger partial charge is 0.573 e. The highest BCUT2D eigenvalue weighted by atomic mass is 19.4. The van der Waals surface area contributed by atoms with Crippen molar-refractivity contribution in [1.29, 1.82) is 5.26 Å². The maximum absolute atomic E-state index is 12.0. The van der Waals surface area contributed by atoms with Crippen LogP contribution < -0.4 is 4.74 Å². The molecular formula is C10H6F3NO4. The molecule has 0 aromatic heterocycles. The number of ether oxygens (including phenoxy) is 1. The molecule has 0 heterocycles. The van der Waals surface area contributed by atoms with Crippen molar-refractivity contribution in [2.75, 3.05) is 0 Å². The zero-order valence-corrected chi connectivity index (χ0v) is 8.60. The zero-order chi connectivity index (χ0) is 13.9. The quantitative estimate of drug-likeness (QED) is 0.861. The second-order valence-electron chi connectivity index (χ2n) is 3.16. The smallest absolute Gasteiger partial charge is 0.479 e. The number of alkyl halides is 3. The number of halogens is 3. The summed E-state index contributed by atoms with van der Waals surface area (Å²) in [6.07, 6.45) is -6.88. The summed E-state index contributed by atoms with van der Waals surface area (Å²) in [5.41, 5.74) is -0.737. The maximum atomic E-state index is 12.0. The van der Waals surface area contributed by atoms with Crippen LogP contribution in [-0.2, 0) is 4.79 Å². The Balaban J connectivity index is 3.13. The number of hydrogen-bond acceptors (Lipinski definition) is 4. The lowest BCUT2D eigenvalue weighted by Crippen LogP contribution is -2.18. The van der Waals surface area contributed by atoms with Crippen molar-refractivity contribution in [3.05, 3.63) is 29.3 Å². The van der Waals surface area contributed by atoms with Crippen molar-refractivity contribution in [3.63, 3.8) is 0 Å². The van der Waals surface area contributed by atoms with E-state index in [1.165, 1.54) is 6.07 Å². The number of carboxylic acid groups (broad SMARTS) is 1. The molecule has 0 bridgehead atoms. The van der Waals surface area contributed by atoms with Gasteiger partial charge >= 0.3 is 12.3 Å². The number of aliphatic hydroxyl groups is 1. The molecule has 0 aliphatic heterocycles. The van der Waals surface area contributed by atoms with Crippen LogP contribution in [0.2, 0.25) is 0 Å². The summed E-state index contributed by atoms with van der Waals surface area (Å²) in [4.78, 5) is 10.5. The number of hydrogen-bond donors (Lipinski definition) is 2. The number of rotatable bonds is 3. The van der Waals surface area contributed by atoms with Crippen LogP contribution in [0.25, 0.3) is 0 Å². The Hall–Kier alpha value is -2.27. The fourth-order valence-corrected chi connectivity index (χ4v) is 1.16. The van der Waals surface area contributed by atoms with Crippen LogP contribution in [0.3, 0.4) is 0 Å². The van der Waals surface area contributed by atoms with Gasteiger partial charge in [-0.3, -0.25) is 0 Å². The summed E-state index contributed by atoms with van der Waals surface area (Å²) in [6.45, 7) is 0. The van der Waals surface area contributed by atoms with Crippen molar-refractivity contribution >= 4 is 5.97 Å². The second kappa shape index (κ2) is 4.93. The first-order valence-electron chi connectivity index (χ1n) is 4.45. The molecule has 1 unspecified atom stereocenters. The van der Waals surface area contributed by atoms with Crippen LogP contribution in [0.5, 0.6) is 5.75 Å². The third-order valence-corrected chi connectivity index (χ3v) is 1.90. The summed E-state index contributed by atoms with van der Waals surface area (Å²) in [5, 5.41) is 26.3. The molecule has 18 heavy (non-hydrogen) atoms.